The maximum absolute atomic E-state index is 13.7. The van der Waals surface area contributed by atoms with Crippen molar-refractivity contribution >= 4 is 11.8 Å². The number of nitrogens with zero attached hydrogens (tertiary/aromatic N) is 1. The molecule has 1 N–H and O–H groups in total. The van der Waals surface area contributed by atoms with Crippen LogP contribution in [-0.4, -0.2) is 43.0 Å². The fourth-order valence-electron chi connectivity index (χ4n) is 4.30. The van der Waals surface area contributed by atoms with E-state index in [0.717, 1.165) is 41.0 Å². The highest BCUT2D eigenvalue weighted by atomic mass is 16.5. The smallest absolute Gasteiger partial charge is 0.243 e. The van der Waals surface area contributed by atoms with Crippen molar-refractivity contribution < 1.29 is 19.1 Å². The highest BCUT2D eigenvalue weighted by molar-refractivity contribution is 5.88. The lowest BCUT2D eigenvalue weighted by atomic mass is 10.0. The van der Waals surface area contributed by atoms with Crippen molar-refractivity contribution in [3.8, 4) is 11.5 Å². The summed E-state index contributed by atoms with van der Waals surface area (Å²) in [5.74, 6) is 1.32. The van der Waals surface area contributed by atoms with Crippen LogP contribution in [0.3, 0.4) is 0 Å². The molecule has 0 saturated heterocycles. The number of nitrogens with one attached hydrogen (secondary N) is 1. The molecule has 0 bridgehead atoms. The fraction of sp³-hybridized carbons (Fsp3) is 0.375. The van der Waals surface area contributed by atoms with E-state index in [4.69, 9.17) is 9.47 Å². The number of benzene rings is 3. The van der Waals surface area contributed by atoms with Crippen LogP contribution in [0.1, 0.15) is 49.3 Å². The molecule has 6 nitrogen and oxygen atoms in total. The van der Waals surface area contributed by atoms with Crippen LogP contribution in [0, 0.1) is 6.92 Å². The van der Waals surface area contributed by atoms with Gasteiger partial charge in [0.2, 0.25) is 11.8 Å². The Hall–Kier alpha value is -3.80. The Balaban J connectivity index is 1.75. The molecule has 0 radical (unpaired) electrons. The first kappa shape index (κ1) is 28.8. The Bertz CT molecular complexity index is 1130. The zero-order chi connectivity index (χ0) is 27.2. The summed E-state index contributed by atoms with van der Waals surface area (Å²) in [5.41, 5.74) is 3.15. The molecule has 0 aliphatic rings. The van der Waals surface area contributed by atoms with Gasteiger partial charge in [0.15, 0.2) is 0 Å². The molecule has 3 aromatic rings. The quantitative estimate of drug-likeness (QED) is 0.262. The second-order valence-electron chi connectivity index (χ2n) is 9.49. The largest absolute Gasteiger partial charge is 0.497 e. The molecule has 38 heavy (non-hydrogen) atoms. The Kier molecular flexibility index (Phi) is 11.7. The maximum atomic E-state index is 13.7. The minimum atomic E-state index is -0.607. The van der Waals surface area contributed by atoms with Crippen LogP contribution in [-0.2, 0) is 22.6 Å². The Morgan fingerprint density at radius 2 is 1.61 bits per heavy atom. The molecular weight excluding hydrogens is 476 g/mol. The molecule has 2 amide bonds. The molecule has 202 valence electrons. The van der Waals surface area contributed by atoms with E-state index in [-0.39, 0.29) is 18.2 Å². The average Bonchev–Trinajstić information content (AvgIpc) is 2.94. The van der Waals surface area contributed by atoms with Gasteiger partial charge in [-0.25, -0.2) is 0 Å². The average molecular weight is 517 g/mol. The normalized spacial score (nSPS) is 11.4. The molecule has 0 aliphatic heterocycles. The van der Waals surface area contributed by atoms with E-state index < -0.39 is 6.04 Å². The Morgan fingerprint density at radius 3 is 2.29 bits per heavy atom. The van der Waals surface area contributed by atoms with Gasteiger partial charge in [0.1, 0.15) is 17.5 Å². The summed E-state index contributed by atoms with van der Waals surface area (Å²) >= 11 is 0. The standard InChI is InChI=1S/C32H40N2O4/c1-4-5-20-33-32(36)30(23-26-12-7-6-8-13-26)34(24-27-14-9-11-25(2)22-27)31(35)15-10-21-38-29-18-16-28(37-3)17-19-29/h6-9,11-14,16-19,22,30H,4-5,10,15,20-21,23-24H2,1-3H3,(H,33,36)/t30-/m0/s1. The van der Waals surface area contributed by atoms with E-state index >= 15 is 0 Å². The SMILES string of the molecule is CCCCNC(=O)[C@H](Cc1ccccc1)N(Cc1cccc(C)c1)C(=O)CCCOc1ccc(OC)cc1. The molecule has 3 aromatic carbocycles. The molecule has 1 atom stereocenters. The first-order valence-corrected chi connectivity index (χ1v) is 13.4. The number of rotatable bonds is 15. The Morgan fingerprint density at radius 1 is 0.895 bits per heavy atom. The minimum absolute atomic E-state index is 0.0589. The highest BCUT2D eigenvalue weighted by Gasteiger charge is 2.30. The molecule has 0 fully saturated rings. The summed E-state index contributed by atoms with van der Waals surface area (Å²) in [4.78, 5) is 28.9. The van der Waals surface area contributed by atoms with Crippen molar-refractivity contribution in [2.75, 3.05) is 20.3 Å². The minimum Gasteiger partial charge on any atom is -0.497 e. The third-order valence-corrected chi connectivity index (χ3v) is 6.40. The number of methoxy groups -OCH3 is 1. The molecule has 0 unspecified atom stereocenters. The van der Waals surface area contributed by atoms with E-state index in [1.165, 1.54) is 0 Å². The lowest BCUT2D eigenvalue weighted by Gasteiger charge is -2.32. The van der Waals surface area contributed by atoms with E-state index in [9.17, 15) is 9.59 Å². The number of hydrogen-bond acceptors (Lipinski definition) is 4. The van der Waals surface area contributed by atoms with Crippen LogP contribution in [0.25, 0.3) is 0 Å². The summed E-state index contributed by atoms with van der Waals surface area (Å²) in [6.07, 6.45) is 3.18. The monoisotopic (exact) mass is 516 g/mol. The van der Waals surface area contributed by atoms with Gasteiger partial charge in [-0.2, -0.15) is 0 Å². The Labute approximate surface area is 227 Å². The number of unbranched alkanes of at least 4 members (excludes halogenated alkanes) is 1. The molecule has 0 saturated carbocycles. The number of amides is 2. The first-order valence-electron chi connectivity index (χ1n) is 13.4. The van der Waals surface area contributed by atoms with E-state index in [0.29, 0.717) is 32.5 Å². The zero-order valence-corrected chi connectivity index (χ0v) is 22.8. The van der Waals surface area contributed by atoms with Crippen molar-refractivity contribution in [1.29, 1.82) is 0 Å². The summed E-state index contributed by atoms with van der Waals surface area (Å²) in [5, 5.41) is 3.07. The highest BCUT2D eigenvalue weighted by Crippen LogP contribution is 2.19. The predicted molar refractivity (Wildman–Crippen MR) is 151 cm³/mol. The van der Waals surface area contributed by atoms with Gasteiger partial charge in [-0.1, -0.05) is 73.5 Å². The van der Waals surface area contributed by atoms with Crippen molar-refractivity contribution in [3.05, 3.63) is 95.6 Å². The molecule has 0 aliphatic carbocycles. The second kappa shape index (κ2) is 15.5. The summed E-state index contributed by atoms with van der Waals surface area (Å²) in [6, 6.07) is 24.8. The topological polar surface area (TPSA) is 67.9 Å². The molecule has 3 rings (SSSR count). The van der Waals surface area contributed by atoms with Crippen LogP contribution in [0.2, 0.25) is 0 Å². The lowest BCUT2D eigenvalue weighted by molar-refractivity contribution is -0.141. The predicted octanol–water partition coefficient (Wildman–Crippen LogP) is 5.72. The van der Waals surface area contributed by atoms with Crippen LogP contribution in [0.4, 0.5) is 0 Å². The molecule has 0 aromatic heterocycles. The number of ether oxygens (including phenoxy) is 2. The van der Waals surface area contributed by atoms with E-state index in [1.807, 2.05) is 79.7 Å². The lowest BCUT2D eigenvalue weighted by Crippen LogP contribution is -2.50. The van der Waals surface area contributed by atoms with Gasteiger partial charge >= 0.3 is 0 Å². The van der Waals surface area contributed by atoms with Gasteiger partial charge in [-0.15, -0.1) is 0 Å². The van der Waals surface area contributed by atoms with Gasteiger partial charge in [-0.3, -0.25) is 9.59 Å². The molecule has 6 heteroatoms. The fourth-order valence-corrected chi connectivity index (χ4v) is 4.30. The van der Waals surface area contributed by atoms with E-state index in [2.05, 4.69) is 18.3 Å². The molecule has 0 spiro atoms. The third-order valence-electron chi connectivity index (χ3n) is 6.40. The van der Waals surface area contributed by atoms with E-state index in [1.54, 1.807) is 12.0 Å². The third kappa shape index (κ3) is 9.25. The van der Waals surface area contributed by atoms with Crippen LogP contribution in [0.5, 0.6) is 11.5 Å². The number of carbonyl (C=O) groups excluding carboxylic acids is 2. The van der Waals surface area contributed by atoms with Crippen molar-refractivity contribution in [2.24, 2.45) is 0 Å². The molecular formula is C32H40N2O4. The van der Waals surface area contributed by atoms with Crippen LogP contribution in [0.15, 0.2) is 78.9 Å². The zero-order valence-electron chi connectivity index (χ0n) is 22.8. The van der Waals surface area contributed by atoms with Crippen LogP contribution >= 0.6 is 0 Å². The van der Waals surface area contributed by atoms with Crippen molar-refractivity contribution in [3.63, 3.8) is 0 Å². The number of aryl methyl sites for hydroxylation is 1. The van der Waals surface area contributed by atoms with Crippen LogP contribution < -0.4 is 14.8 Å². The van der Waals surface area contributed by atoms with Gasteiger partial charge in [0, 0.05) is 25.9 Å². The summed E-state index contributed by atoms with van der Waals surface area (Å²) in [7, 11) is 1.62. The first-order chi connectivity index (χ1) is 18.5. The van der Waals surface area contributed by atoms with Gasteiger partial charge in [0.25, 0.3) is 0 Å². The number of carbonyl (C=O) groups is 2. The van der Waals surface area contributed by atoms with Gasteiger partial charge in [0.05, 0.1) is 13.7 Å². The van der Waals surface area contributed by atoms with Gasteiger partial charge in [-0.05, 0) is 55.2 Å². The number of hydrogen-bond donors (Lipinski definition) is 1. The second-order valence-corrected chi connectivity index (χ2v) is 9.49. The van der Waals surface area contributed by atoms with Gasteiger partial charge < -0.3 is 19.7 Å². The summed E-state index contributed by atoms with van der Waals surface area (Å²) < 4.78 is 11.0. The van der Waals surface area contributed by atoms with Crippen molar-refractivity contribution in [1.82, 2.24) is 10.2 Å². The molecule has 0 heterocycles. The van der Waals surface area contributed by atoms with Crippen molar-refractivity contribution in [2.45, 2.75) is 58.5 Å². The maximum Gasteiger partial charge on any atom is 0.243 e. The summed E-state index contributed by atoms with van der Waals surface area (Å²) in [6.45, 7) is 5.50.